The Kier molecular flexibility index (Phi) is 6.65. The van der Waals surface area contributed by atoms with Crippen LogP contribution in [0.2, 0.25) is 0 Å². The van der Waals surface area contributed by atoms with Crippen LogP contribution >= 0.6 is 12.4 Å². The van der Waals surface area contributed by atoms with E-state index in [4.69, 9.17) is 0 Å². The van der Waals surface area contributed by atoms with Crippen molar-refractivity contribution in [1.29, 1.82) is 0 Å². The van der Waals surface area contributed by atoms with Crippen molar-refractivity contribution in [3.05, 3.63) is 53.4 Å². The molecule has 2 atom stereocenters. The normalized spacial score (nSPS) is 13.1. The molecule has 1 amide bonds. The average Bonchev–Trinajstić information content (AvgIpc) is 2.85. The highest BCUT2D eigenvalue weighted by Gasteiger charge is 2.24. The summed E-state index contributed by atoms with van der Waals surface area (Å²) in [6, 6.07) is 2.18. The minimum Gasteiger partial charge on any atom is -0.348 e. The van der Waals surface area contributed by atoms with Crippen LogP contribution in [0.1, 0.15) is 30.1 Å². The number of carbonyl (C=O) groups is 1. The number of aryl methyl sites for hydroxylation is 1. The van der Waals surface area contributed by atoms with Crippen LogP contribution in [0.25, 0.3) is 0 Å². The molecular weight excluding hydrogens is 326 g/mol. The van der Waals surface area contributed by atoms with Gasteiger partial charge < -0.3 is 10.6 Å². The summed E-state index contributed by atoms with van der Waals surface area (Å²) in [5, 5.41) is 9.49. The van der Waals surface area contributed by atoms with Gasteiger partial charge in [0.05, 0.1) is 12.2 Å². The lowest BCUT2D eigenvalue weighted by atomic mass is 10.1. The molecule has 2 aromatic rings. The second kappa shape index (κ2) is 8.03. The fraction of sp³-hybridized carbons (Fsp3) is 0.333. The third-order valence-corrected chi connectivity index (χ3v) is 3.40. The first-order valence-corrected chi connectivity index (χ1v) is 6.84. The summed E-state index contributed by atoms with van der Waals surface area (Å²) in [4.78, 5) is 12.3. The fourth-order valence-electron chi connectivity index (χ4n) is 2.33. The zero-order chi connectivity index (χ0) is 16.3. The maximum absolute atomic E-state index is 13.7. The zero-order valence-electron chi connectivity index (χ0n) is 13.0. The Morgan fingerprint density at radius 2 is 1.91 bits per heavy atom. The number of benzene rings is 1. The SMILES string of the molecule is CNC(C(=O)NC(C)c1c(F)cccc1F)c1cnn(C)c1.Cl. The standard InChI is InChI=1S/C15H18F2N4O.ClH/c1-9(13-11(16)5-4-6-12(13)17)20-15(22)14(18-2)10-7-19-21(3)8-10;/h4-9,14,18H,1-3H3,(H,20,22);1H. The number of rotatable bonds is 5. The maximum atomic E-state index is 13.7. The molecule has 0 aliphatic heterocycles. The van der Waals surface area contributed by atoms with Crippen LogP contribution in [0.4, 0.5) is 8.78 Å². The van der Waals surface area contributed by atoms with Crippen LogP contribution in [0.3, 0.4) is 0 Å². The first-order chi connectivity index (χ1) is 10.4. The van der Waals surface area contributed by atoms with E-state index in [1.807, 2.05) is 0 Å². The second-order valence-corrected chi connectivity index (χ2v) is 5.03. The summed E-state index contributed by atoms with van der Waals surface area (Å²) in [6.45, 7) is 1.54. The van der Waals surface area contributed by atoms with Crippen molar-refractivity contribution in [1.82, 2.24) is 20.4 Å². The van der Waals surface area contributed by atoms with E-state index in [2.05, 4.69) is 15.7 Å². The number of halogens is 3. The van der Waals surface area contributed by atoms with E-state index in [0.29, 0.717) is 5.56 Å². The van der Waals surface area contributed by atoms with Crippen LogP contribution < -0.4 is 10.6 Å². The van der Waals surface area contributed by atoms with Crippen molar-refractivity contribution < 1.29 is 13.6 Å². The molecule has 0 bridgehead atoms. The molecule has 0 fully saturated rings. The van der Waals surface area contributed by atoms with Crippen molar-refractivity contribution in [2.45, 2.75) is 19.0 Å². The van der Waals surface area contributed by atoms with Gasteiger partial charge in [0.15, 0.2) is 0 Å². The zero-order valence-corrected chi connectivity index (χ0v) is 13.8. The highest BCUT2D eigenvalue weighted by Crippen LogP contribution is 2.21. The lowest BCUT2D eigenvalue weighted by molar-refractivity contribution is -0.123. The van der Waals surface area contributed by atoms with E-state index in [-0.39, 0.29) is 23.9 Å². The molecule has 5 nitrogen and oxygen atoms in total. The molecule has 1 heterocycles. The number of amides is 1. The van der Waals surface area contributed by atoms with Crippen LogP contribution in [-0.2, 0) is 11.8 Å². The molecule has 8 heteroatoms. The van der Waals surface area contributed by atoms with Gasteiger partial charge in [-0.15, -0.1) is 12.4 Å². The van der Waals surface area contributed by atoms with Gasteiger partial charge >= 0.3 is 0 Å². The molecule has 2 N–H and O–H groups in total. The molecule has 0 saturated carbocycles. The summed E-state index contributed by atoms with van der Waals surface area (Å²) in [7, 11) is 3.37. The van der Waals surface area contributed by atoms with Gasteiger partial charge in [0.1, 0.15) is 17.7 Å². The lowest BCUT2D eigenvalue weighted by Gasteiger charge is -2.20. The molecule has 23 heavy (non-hydrogen) atoms. The first-order valence-electron chi connectivity index (χ1n) is 6.84. The number of aromatic nitrogens is 2. The van der Waals surface area contributed by atoms with Gasteiger partial charge in [0.2, 0.25) is 5.91 Å². The van der Waals surface area contributed by atoms with Crippen molar-refractivity contribution in [2.24, 2.45) is 7.05 Å². The Hall–Kier alpha value is -1.99. The minimum absolute atomic E-state index is 0. The summed E-state index contributed by atoms with van der Waals surface area (Å²) in [5.41, 5.74) is 0.514. The predicted molar refractivity (Wildman–Crippen MR) is 85.2 cm³/mol. The van der Waals surface area contributed by atoms with E-state index in [0.717, 1.165) is 12.1 Å². The average molecular weight is 345 g/mol. The number of hydrogen-bond acceptors (Lipinski definition) is 3. The molecule has 126 valence electrons. The summed E-state index contributed by atoms with van der Waals surface area (Å²) in [5.74, 6) is -1.75. The third-order valence-electron chi connectivity index (χ3n) is 3.40. The van der Waals surface area contributed by atoms with E-state index >= 15 is 0 Å². The van der Waals surface area contributed by atoms with E-state index < -0.39 is 23.7 Å². The molecule has 0 saturated heterocycles. The van der Waals surface area contributed by atoms with Gasteiger partial charge in [-0.3, -0.25) is 9.48 Å². The topological polar surface area (TPSA) is 59.0 Å². The Morgan fingerprint density at radius 3 is 2.39 bits per heavy atom. The Labute approximate surface area is 139 Å². The molecule has 2 rings (SSSR count). The number of likely N-dealkylation sites (N-methyl/N-ethyl adjacent to an activating group) is 1. The van der Waals surface area contributed by atoms with Gasteiger partial charge in [-0.2, -0.15) is 5.10 Å². The van der Waals surface area contributed by atoms with E-state index in [1.165, 1.54) is 13.0 Å². The minimum atomic E-state index is -0.791. The molecule has 2 unspecified atom stereocenters. The second-order valence-electron chi connectivity index (χ2n) is 5.03. The highest BCUT2D eigenvalue weighted by molar-refractivity contribution is 5.85. The molecular formula is C15H19ClF2N4O. The Morgan fingerprint density at radius 1 is 1.30 bits per heavy atom. The maximum Gasteiger partial charge on any atom is 0.242 e. The highest BCUT2D eigenvalue weighted by atomic mass is 35.5. The van der Waals surface area contributed by atoms with E-state index in [9.17, 15) is 13.6 Å². The van der Waals surface area contributed by atoms with Crippen LogP contribution in [0.5, 0.6) is 0 Å². The predicted octanol–water partition coefficient (Wildman–Crippen LogP) is 2.26. The van der Waals surface area contributed by atoms with E-state index in [1.54, 1.807) is 31.2 Å². The molecule has 0 radical (unpaired) electrons. The lowest BCUT2D eigenvalue weighted by Crippen LogP contribution is -2.37. The molecule has 0 spiro atoms. The quantitative estimate of drug-likeness (QED) is 0.874. The molecule has 1 aromatic heterocycles. The number of carbonyl (C=O) groups excluding carboxylic acids is 1. The van der Waals surface area contributed by atoms with Gasteiger partial charge in [0, 0.05) is 24.4 Å². The van der Waals surface area contributed by atoms with Crippen molar-refractivity contribution in [3.63, 3.8) is 0 Å². The number of nitrogens with zero attached hydrogens (tertiary/aromatic N) is 2. The molecule has 0 aliphatic carbocycles. The van der Waals surface area contributed by atoms with Crippen LogP contribution in [-0.4, -0.2) is 22.7 Å². The Balaban J connectivity index is 0.00000264. The smallest absolute Gasteiger partial charge is 0.242 e. The summed E-state index contributed by atoms with van der Waals surface area (Å²) < 4.78 is 29.1. The van der Waals surface area contributed by atoms with Crippen LogP contribution in [0.15, 0.2) is 30.6 Å². The molecule has 1 aromatic carbocycles. The Bertz CT molecular complexity index is 657. The van der Waals surface area contributed by atoms with Gasteiger partial charge in [-0.05, 0) is 26.1 Å². The van der Waals surface area contributed by atoms with Crippen molar-refractivity contribution in [2.75, 3.05) is 7.05 Å². The third kappa shape index (κ3) is 4.27. The summed E-state index contributed by atoms with van der Waals surface area (Å²) in [6.07, 6.45) is 3.27. The number of nitrogens with one attached hydrogen (secondary N) is 2. The summed E-state index contributed by atoms with van der Waals surface area (Å²) >= 11 is 0. The monoisotopic (exact) mass is 344 g/mol. The van der Waals surface area contributed by atoms with Gasteiger partial charge in [-0.1, -0.05) is 6.07 Å². The van der Waals surface area contributed by atoms with Crippen molar-refractivity contribution >= 4 is 18.3 Å². The van der Waals surface area contributed by atoms with Gasteiger partial charge in [0.25, 0.3) is 0 Å². The molecule has 0 aliphatic rings. The van der Waals surface area contributed by atoms with Crippen molar-refractivity contribution in [3.8, 4) is 0 Å². The first kappa shape index (κ1) is 19.1. The fourth-order valence-corrected chi connectivity index (χ4v) is 2.33. The van der Waals surface area contributed by atoms with Gasteiger partial charge in [-0.25, -0.2) is 8.78 Å². The van der Waals surface area contributed by atoms with Crippen LogP contribution in [0, 0.1) is 11.6 Å². The number of hydrogen-bond donors (Lipinski definition) is 2. The largest absolute Gasteiger partial charge is 0.348 e.